The molecule has 90 valence electrons. The van der Waals surface area contributed by atoms with E-state index in [0.717, 1.165) is 17.9 Å². The molecule has 0 saturated heterocycles. The molecule has 0 saturated carbocycles. The molecule has 0 aliphatic carbocycles. The first-order chi connectivity index (χ1) is 7.52. The lowest BCUT2D eigenvalue weighted by molar-refractivity contribution is -0.121. The van der Waals surface area contributed by atoms with Crippen molar-refractivity contribution in [2.24, 2.45) is 5.84 Å². The highest BCUT2D eigenvalue weighted by molar-refractivity contribution is 7.99. The lowest BCUT2D eigenvalue weighted by Crippen LogP contribution is -2.30. The van der Waals surface area contributed by atoms with Crippen molar-refractivity contribution >= 4 is 17.7 Å². The molecule has 0 aliphatic heterocycles. The molecule has 1 heterocycles. The highest BCUT2D eigenvalue weighted by Crippen LogP contribution is 2.26. The third-order valence-electron chi connectivity index (χ3n) is 2.25. The number of aromatic nitrogens is 1. The molecule has 0 radical (unpaired) electrons. The minimum atomic E-state index is -0.146. The SMILES string of the molecule is Cc1nc(SC(C)CCC(=O)NN)oc1C. The van der Waals surface area contributed by atoms with Crippen LogP contribution in [0.15, 0.2) is 9.64 Å². The van der Waals surface area contributed by atoms with Crippen LogP contribution in [0.3, 0.4) is 0 Å². The van der Waals surface area contributed by atoms with Gasteiger partial charge in [-0.05, 0) is 20.3 Å². The number of hydrazine groups is 1. The molecule has 0 aromatic carbocycles. The lowest BCUT2D eigenvalue weighted by atomic mass is 10.2. The van der Waals surface area contributed by atoms with E-state index in [4.69, 9.17) is 10.3 Å². The van der Waals surface area contributed by atoms with E-state index in [0.29, 0.717) is 11.6 Å². The molecule has 1 rings (SSSR count). The fraction of sp³-hybridized carbons (Fsp3) is 0.600. The Morgan fingerprint density at radius 1 is 1.62 bits per heavy atom. The first-order valence-corrected chi connectivity index (χ1v) is 6.01. The van der Waals surface area contributed by atoms with Gasteiger partial charge in [0, 0.05) is 11.7 Å². The fourth-order valence-corrected chi connectivity index (χ4v) is 2.07. The van der Waals surface area contributed by atoms with Crippen molar-refractivity contribution in [3.05, 3.63) is 11.5 Å². The summed E-state index contributed by atoms with van der Waals surface area (Å²) >= 11 is 1.53. The largest absolute Gasteiger partial charge is 0.437 e. The number of amides is 1. The molecule has 0 aliphatic rings. The molecule has 1 unspecified atom stereocenters. The summed E-state index contributed by atoms with van der Waals surface area (Å²) in [6.45, 7) is 5.83. The van der Waals surface area contributed by atoms with Crippen molar-refractivity contribution in [1.82, 2.24) is 10.4 Å². The highest BCUT2D eigenvalue weighted by atomic mass is 32.2. The highest BCUT2D eigenvalue weighted by Gasteiger charge is 2.12. The summed E-state index contributed by atoms with van der Waals surface area (Å²) in [5, 5.41) is 0.936. The van der Waals surface area contributed by atoms with E-state index >= 15 is 0 Å². The second-order valence-corrected chi connectivity index (χ2v) is 5.05. The van der Waals surface area contributed by atoms with Crippen LogP contribution in [-0.2, 0) is 4.79 Å². The van der Waals surface area contributed by atoms with Gasteiger partial charge >= 0.3 is 0 Å². The monoisotopic (exact) mass is 243 g/mol. The Kier molecular flexibility index (Phi) is 4.82. The molecule has 0 fully saturated rings. The van der Waals surface area contributed by atoms with Crippen LogP contribution < -0.4 is 11.3 Å². The van der Waals surface area contributed by atoms with Gasteiger partial charge in [0.25, 0.3) is 5.22 Å². The zero-order valence-corrected chi connectivity index (χ0v) is 10.6. The number of carbonyl (C=O) groups excluding carboxylic acids is 1. The topological polar surface area (TPSA) is 81.2 Å². The molecular weight excluding hydrogens is 226 g/mol. The van der Waals surface area contributed by atoms with Crippen molar-refractivity contribution in [1.29, 1.82) is 0 Å². The van der Waals surface area contributed by atoms with Crippen molar-refractivity contribution in [2.75, 3.05) is 0 Å². The van der Waals surface area contributed by atoms with E-state index in [1.165, 1.54) is 11.8 Å². The maximum Gasteiger partial charge on any atom is 0.256 e. The number of nitrogens with two attached hydrogens (primary N) is 1. The summed E-state index contributed by atoms with van der Waals surface area (Å²) in [4.78, 5) is 15.2. The predicted molar refractivity (Wildman–Crippen MR) is 62.9 cm³/mol. The Morgan fingerprint density at radius 2 is 2.31 bits per heavy atom. The van der Waals surface area contributed by atoms with Crippen LogP contribution in [0.2, 0.25) is 0 Å². The molecule has 16 heavy (non-hydrogen) atoms. The molecule has 1 atom stereocenters. The number of nitrogens with one attached hydrogen (secondary N) is 1. The van der Waals surface area contributed by atoms with Gasteiger partial charge in [-0.3, -0.25) is 10.2 Å². The summed E-state index contributed by atoms with van der Waals surface area (Å²) in [6, 6.07) is 0. The van der Waals surface area contributed by atoms with E-state index in [9.17, 15) is 4.79 Å². The van der Waals surface area contributed by atoms with Crippen LogP contribution in [-0.4, -0.2) is 16.1 Å². The summed E-state index contributed by atoms with van der Waals surface area (Å²) in [7, 11) is 0. The Labute approximate surface area is 99.1 Å². The van der Waals surface area contributed by atoms with E-state index in [1.54, 1.807) is 0 Å². The quantitative estimate of drug-likeness (QED) is 0.355. The molecule has 0 spiro atoms. The third-order valence-corrected chi connectivity index (χ3v) is 3.26. The number of carbonyl (C=O) groups is 1. The molecule has 1 aromatic rings. The van der Waals surface area contributed by atoms with E-state index in [-0.39, 0.29) is 11.2 Å². The molecule has 5 nitrogen and oxygen atoms in total. The maximum absolute atomic E-state index is 10.9. The van der Waals surface area contributed by atoms with E-state index in [2.05, 4.69) is 10.4 Å². The number of hydrogen-bond donors (Lipinski definition) is 2. The van der Waals surface area contributed by atoms with Gasteiger partial charge in [0.05, 0.1) is 5.69 Å². The first-order valence-electron chi connectivity index (χ1n) is 5.13. The third kappa shape index (κ3) is 3.86. The number of nitrogens with zero attached hydrogens (tertiary/aromatic N) is 1. The van der Waals surface area contributed by atoms with Crippen molar-refractivity contribution in [2.45, 2.75) is 44.1 Å². The summed E-state index contributed by atoms with van der Waals surface area (Å²) < 4.78 is 5.44. The minimum absolute atomic E-state index is 0.146. The van der Waals surface area contributed by atoms with Crippen molar-refractivity contribution in [3.63, 3.8) is 0 Å². The number of aryl methyl sites for hydroxylation is 2. The van der Waals surface area contributed by atoms with Crippen molar-refractivity contribution < 1.29 is 9.21 Å². The second kappa shape index (κ2) is 5.91. The second-order valence-electron chi connectivity index (χ2n) is 3.66. The normalized spacial score (nSPS) is 12.5. The maximum atomic E-state index is 10.9. The lowest BCUT2D eigenvalue weighted by Gasteiger charge is -2.06. The van der Waals surface area contributed by atoms with Gasteiger partial charge in [0.1, 0.15) is 5.76 Å². The molecule has 1 amide bonds. The minimum Gasteiger partial charge on any atom is -0.437 e. The van der Waals surface area contributed by atoms with Gasteiger partial charge in [0.2, 0.25) is 5.91 Å². The Hall–Kier alpha value is -1.01. The zero-order chi connectivity index (χ0) is 12.1. The fourth-order valence-electron chi connectivity index (χ4n) is 1.13. The number of oxazole rings is 1. The Balaban J connectivity index is 2.39. The molecule has 6 heteroatoms. The zero-order valence-electron chi connectivity index (χ0n) is 9.74. The number of thioether (sulfide) groups is 1. The van der Waals surface area contributed by atoms with Gasteiger partial charge < -0.3 is 4.42 Å². The molecule has 1 aromatic heterocycles. The van der Waals surface area contributed by atoms with Gasteiger partial charge in [-0.25, -0.2) is 10.8 Å². The number of rotatable bonds is 5. The Morgan fingerprint density at radius 3 is 2.81 bits per heavy atom. The van der Waals surface area contributed by atoms with Gasteiger partial charge in [-0.1, -0.05) is 18.7 Å². The average Bonchev–Trinajstić information content (AvgIpc) is 2.54. The molecular formula is C10H17N3O2S. The van der Waals surface area contributed by atoms with Gasteiger partial charge in [0.15, 0.2) is 0 Å². The number of hydrogen-bond acceptors (Lipinski definition) is 5. The van der Waals surface area contributed by atoms with Gasteiger partial charge in [-0.2, -0.15) is 0 Å². The molecule has 0 bridgehead atoms. The summed E-state index contributed by atoms with van der Waals surface area (Å²) in [5.41, 5.74) is 3.02. The predicted octanol–water partition coefficient (Wildman–Crippen LogP) is 1.54. The van der Waals surface area contributed by atoms with Crippen LogP contribution >= 0.6 is 11.8 Å². The van der Waals surface area contributed by atoms with E-state index in [1.807, 2.05) is 20.8 Å². The van der Waals surface area contributed by atoms with Gasteiger partial charge in [-0.15, -0.1) is 0 Å². The van der Waals surface area contributed by atoms with Crippen LogP contribution in [0, 0.1) is 13.8 Å². The van der Waals surface area contributed by atoms with Crippen LogP contribution in [0.4, 0.5) is 0 Å². The first kappa shape index (κ1) is 13.1. The van der Waals surface area contributed by atoms with E-state index < -0.39 is 0 Å². The van der Waals surface area contributed by atoms with Crippen LogP contribution in [0.1, 0.15) is 31.2 Å². The standard InChI is InChI=1S/C10H17N3O2S/c1-6(4-5-9(14)13-11)16-10-12-7(2)8(3)15-10/h6H,4-5,11H2,1-3H3,(H,13,14). The summed E-state index contributed by atoms with van der Waals surface area (Å²) in [5.74, 6) is 5.69. The van der Waals surface area contributed by atoms with Crippen LogP contribution in [0.5, 0.6) is 0 Å². The smallest absolute Gasteiger partial charge is 0.256 e. The summed E-state index contributed by atoms with van der Waals surface area (Å²) in [6.07, 6.45) is 1.16. The average molecular weight is 243 g/mol. The Bertz CT molecular complexity index is 345. The van der Waals surface area contributed by atoms with Crippen LogP contribution in [0.25, 0.3) is 0 Å². The molecule has 3 N–H and O–H groups in total. The van der Waals surface area contributed by atoms with Crippen molar-refractivity contribution in [3.8, 4) is 0 Å².